The Hall–Kier alpha value is -0.890. The second kappa shape index (κ2) is 5.85. The topological polar surface area (TPSA) is 12.0 Å². The Morgan fingerprint density at radius 1 is 1.05 bits per heavy atom. The van der Waals surface area contributed by atoms with Gasteiger partial charge in [0.2, 0.25) is 0 Å². The summed E-state index contributed by atoms with van der Waals surface area (Å²) in [5, 5.41) is 3.91. The number of nitrogens with one attached hydrogen (secondary N) is 1. The Morgan fingerprint density at radius 3 is 2.40 bits per heavy atom. The zero-order valence-corrected chi connectivity index (χ0v) is 12.6. The van der Waals surface area contributed by atoms with E-state index < -0.39 is 0 Å². The molecule has 20 heavy (non-hydrogen) atoms. The second-order valence-corrected chi connectivity index (χ2v) is 6.91. The molecule has 2 fully saturated rings. The standard InChI is InChI=1S/C18H26FN/c1-12-4-3-5-17(13(12)2)20-18(14-6-7-14)15-8-10-16(19)11-9-15/h8-14,17-18,20H,3-7H2,1-2H3. The van der Waals surface area contributed by atoms with E-state index in [4.69, 9.17) is 0 Å². The van der Waals surface area contributed by atoms with Crippen molar-refractivity contribution in [1.29, 1.82) is 0 Å². The van der Waals surface area contributed by atoms with Crippen molar-refractivity contribution >= 4 is 0 Å². The maximum absolute atomic E-state index is 13.1. The summed E-state index contributed by atoms with van der Waals surface area (Å²) in [7, 11) is 0. The molecule has 0 spiro atoms. The molecule has 0 aromatic heterocycles. The van der Waals surface area contributed by atoms with Crippen molar-refractivity contribution in [2.24, 2.45) is 17.8 Å². The van der Waals surface area contributed by atoms with E-state index in [0.717, 1.165) is 17.8 Å². The van der Waals surface area contributed by atoms with Gasteiger partial charge in [-0.15, -0.1) is 0 Å². The third-order valence-electron chi connectivity index (χ3n) is 5.42. The van der Waals surface area contributed by atoms with E-state index in [2.05, 4.69) is 19.2 Å². The van der Waals surface area contributed by atoms with Crippen LogP contribution in [0.3, 0.4) is 0 Å². The first kappa shape index (κ1) is 14.1. The summed E-state index contributed by atoms with van der Waals surface area (Å²) in [5.74, 6) is 2.17. The van der Waals surface area contributed by atoms with Crippen molar-refractivity contribution in [3.05, 3.63) is 35.6 Å². The highest BCUT2D eigenvalue weighted by atomic mass is 19.1. The molecular formula is C18H26FN. The predicted octanol–water partition coefficient (Wildman–Crippen LogP) is 4.69. The highest BCUT2D eigenvalue weighted by Gasteiger charge is 2.36. The summed E-state index contributed by atoms with van der Waals surface area (Å²) in [6, 6.07) is 8.16. The molecule has 1 nitrogen and oxygen atoms in total. The van der Waals surface area contributed by atoms with Crippen LogP contribution in [-0.2, 0) is 0 Å². The fraction of sp³-hybridized carbons (Fsp3) is 0.667. The van der Waals surface area contributed by atoms with Crippen molar-refractivity contribution in [2.75, 3.05) is 0 Å². The molecule has 110 valence electrons. The molecule has 4 unspecified atom stereocenters. The van der Waals surface area contributed by atoms with Crippen LogP contribution in [0.25, 0.3) is 0 Å². The van der Waals surface area contributed by atoms with Crippen LogP contribution in [0.15, 0.2) is 24.3 Å². The molecule has 0 saturated heterocycles. The quantitative estimate of drug-likeness (QED) is 0.840. The Bertz CT molecular complexity index is 437. The monoisotopic (exact) mass is 275 g/mol. The molecule has 0 aliphatic heterocycles. The van der Waals surface area contributed by atoms with Crippen molar-refractivity contribution in [3.8, 4) is 0 Å². The third-order valence-corrected chi connectivity index (χ3v) is 5.42. The Labute approximate surface area is 122 Å². The van der Waals surface area contributed by atoms with Gasteiger partial charge < -0.3 is 5.32 Å². The normalized spacial score (nSPS) is 32.0. The molecule has 0 heterocycles. The van der Waals surface area contributed by atoms with Crippen LogP contribution in [0.2, 0.25) is 0 Å². The predicted molar refractivity (Wildman–Crippen MR) is 81.0 cm³/mol. The van der Waals surface area contributed by atoms with Gasteiger partial charge in [-0.1, -0.05) is 38.8 Å². The lowest BCUT2D eigenvalue weighted by Gasteiger charge is -2.37. The van der Waals surface area contributed by atoms with Gasteiger partial charge in [0.25, 0.3) is 0 Å². The van der Waals surface area contributed by atoms with Crippen LogP contribution in [-0.4, -0.2) is 6.04 Å². The van der Waals surface area contributed by atoms with Crippen LogP contribution >= 0.6 is 0 Å². The lowest BCUT2D eigenvalue weighted by molar-refractivity contribution is 0.188. The molecule has 2 aliphatic rings. The second-order valence-electron chi connectivity index (χ2n) is 6.91. The molecule has 1 N–H and O–H groups in total. The first-order valence-electron chi connectivity index (χ1n) is 8.16. The number of hydrogen-bond acceptors (Lipinski definition) is 1. The molecule has 4 atom stereocenters. The van der Waals surface area contributed by atoms with Crippen molar-refractivity contribution < 1.29 is 4.39 Å². The van der Waals surface area contributed by atoms with Gasteiger partial charge in [0.1, 0.15) is 5.82 Å². The van der Waals surface area contributed by atoms with E-state index in [-0.39, 0.29) is 5.82 Å². The molecule has 1 aromatic carbocycles. The lowest BCUT2D eigenvalue weighted by atomic mass is 9.77. The fourth-order valence-corrected chi connectivity index (χ4v) is 3.65. The first-order valence-corrected chi connectivity index (χ1v) is 8.16. The van der Waals surface area contributed by atoms with E-state index in [9.17, 15) is 4.39 Å². The SMILES string of the molecule is CC1CCCC(NC(c2ccc(F)cc2)C2CC2)C1C. The Morgan fingerprint density at radius 2 is 1.75 bits per heavy atom. The van der Waals surface area contributed by atoms with E-state index in [0.29, 0.717) is 12.1 Å². The van der Waals surface area contributed by atoms with Crippen molar-refractivity contribution in [3.63, 3.8) is 0 Å². The molecule has 2 aliphatic carbocycles. The zero-order valence-electron chi connectivity index (χ0n) is 12.6. The van der Waals surface area contributed by atoms with E-state index in [1.54, 1.807) is 12.1 Å². The lowest BCUT2D eigenvalue weighted by Crippen LogP contribution is -2.43. The first-order chi connectivity index (χ1) is 9.65. The molecule has 0 radical (unpaired) electrons. The minimum absolute atomic E-state index is 0.136. The average Bonchev–Trinajstić information content (AvgIpc) is 3.26. The summed E-state index contributed by atoms with van der Waals surface area (Å²) >= 11 is 0. The van der Waals surface area contributed by atoms with Gasteiger partial charge in [-0.25, -0.2) is 4.39 Å². The molecule has 0 amide bonds. The Balaban J connectivity index is 1.73. The minimum Gasteiger partial charge on any atom is -0.307 e. The van der Waals surface area contributed by atoms with Gasteiger partial charge in [-0.3, -0.25) is 0 Å². The van der Waals surface area contributed by atoms with E-state index in [1.807, 2.05) is 12.1 Å². The van der Waals surface area contributed by atoms with Crippen molar-refractivity contribution in [2.45, 2.75) is 58.0 Å². The largest absolute Gasteiger partial charge is 0.307 e. The van der Waals surface area contributed by atoms with Gasteiger partial charge in [-0.2, -0.15) is 0 Å². The smallest absolute Gasteiger partial charge is 0.123 e. The number of hydrogen-bond donors (Lipinski definition) is 1. The zero-order chi connectivity index (χ0) is 14.1. The summed E-state index contributed by atoms with van der Waals surface area (Å²) < 4.78 is 13.1. The molecule has 2 heteroatoms. The molecule has 2 saturated carbocycles. The van der Waals surface area contributed by atoms with Gasteiger partial charge in [0.05, 0.1) is 0 Å². The molecule has 0 bridgehead atoms. The van der Waals surface area contributed by atoms with Crippen molar-refractivity contribution in [1.82, 2.24) is 5.32 Å². The maximum Gasteiger partial charge on any atom is 0.123 e. The number of halogens is 1. The summed E-state index contributed by atoms with van der Waals surface area (Å²) in [5.41, 5.74) is 1.26. The number of rotatable bonds is 4. The van der Waals surface area contributed by atoms with Gasteiger partial charge in [0.15, 0.2) is 0 Å². The minimum atomic E-state index is -0.136. The van der Waals surface area contributed by atoms with E-state index in [1.165, 1.54) is 37.7 Å². The van der Waals surface area contributed by atoms with Gasteiger partial charge >= 0.3 is 0 Å². The highest BCUT2D eigenvalue weighted by Crippen LogP contribution is 2.42. The van der Waals surface area contributed by atoms with Gasteiger partial charge in [0, 0.05) is 12.1 Å². The molecule has 1 aromatic rings. The number of benzene rings is 1. The average molecular weight is 275 g/mol. The van der Waals surface area contributed by atoms with Crippen LogP contribution in [0.4, 0.5) is 4.39 Å². The molecular weight excluding hydrogens is 249 g/mol. The third kappa shape index (κ3) is 3.06. The van der Waals surface area contributed by atoms with Crippen LogP contribution in [0.1, 0.15) is 57.6 Å². The summed E-state index contributed by atoms with van der Waals surface area (Å²) in [6.45, 7) is 4.76. The van der Waals surface area contributed by atoms with Crippen LogP contribution in [0, 0.1) is 23.6 Å². The fourth-order valence-electron chi connectivity index (χ4n) is 3.65. The van der Waals surface area contributed by atoms with Crippen LogP contribution < -0.4 is 5.32 Å². The highest BCUT2D eigenvalue weighted by molar-refractivity contribution is 5.22. The van der Waals surface area contributed by atoms with E-state index >= 15 is 0 Å². The maximum atomic E-state index is 13.1. The summed E-state index contributed by atoms with van der Waals surface area (Å²) in [6.07, 6.45) is 6.61. The van der Waals surface area contributed by atoms with Crippen LogP contribution in [0.5, 0.6) is 0 Å². The van der Waals surface area contributed by atoms with Gasteiger partial charge in [-0.05, 0) is 54.7 Å². The Kier molecular flexibility index (Phi) is 4.11. The molecule has 3 rings (SSSR count). The summed E-state index contributed by atoms with van der Waals surface area (Å²) in [4.78, 5) is 0.